The van der Waals surface area contributed by atoms with Gasteiger partial charge in [0, 0.05) is 5.69 Å². The van der Waals surface area contributed by atoms with Crippen LogP contribution >= 0.6 is 0 Å². The number of methoxy groups -OCH3 is 1. The number of aromatic carboxylic acids is 1. The lowest BCUT2D eigenvalue weighted by molar-refractivity contribution is 0.0691. The van der Waals surface area contributed by atoms with Crippen LogP contribution in [0.3, 0.4) is 0 Å². The lowest BCUT2D eigenvalue weighted by Crippen LogP contribution is -2.19. The molecule has 0 spiro atoms. The summed E-state index contributed by atoms with van der Waals surface area (Å²) < 4.78 is 46.3. The second-order valence-corrected chi connectivity index (χ2v) is 7.96. The molecule has 3 aromatic carbocycles. The summed E-state index contributed by atoms with van der Waals surface area (Å²) in [6, 6.07) is 14.8. The van der Waals surface area contributed by atoms with Gasteiger partial charge in [-0.1, -0.05) is 12.1 Å². The lowest BCUT2D eigenvalue weighted by atomic mass is 10.1. The fraction of sp³-hybridized carbons (Fsp3) is 0.0476. The molecule has 10 heteroatoms. The molecular formula is C21H17FN2O6S. The number of sulfonamides is 1. The number of carboxylic acids is 1. The van der Waals surface area contributed by atoms with Gasteiger partial charge in [0.25, 0.3) is 15.9 Å². The molecule has 0 heterocycles. The first-order valence-corrected chi connectivity index (χ1v) is 10.3. The fourth-order valence-electron chi connectivity index (χ4n) is 2.68. The van der Waals surface area contributed by atoms with Crippen molar-refractivity contribution in [2.45, 2.75) is 4.90 Å². The molecule has 0 aromatic heterocycles. The van der Waals surface area contributed by atoms with Crippen LogP contribution < -0.4 is 14.8 Å². The summed E-state index contributed by atoms with van der Waals surface area (Å²) in [5.74, 6) is -2.64. The highest BCUT2D eigenvalue weighted by atomic mass is 32.2. The number of hydrogen-bond donors (Lipinski definition) is 3. The summed E-state index contributed by atoms with van der Waals surface area (Å²) in [5, 5.41) is 11.7. The zero-order chi connectivity index (χ0) is 22.6. The van der Waals surface area contributed by atoms with E-state index in [4.69, 9.17) is 9.84 Å². The van der Waals surface area contributed by atoms with E-state index in [2.05, 4.69) is 10.0 Å². The van der Waals surface area contributed by atoms with Crippen molar-refractivity contribution in [1.82, 2.24) is 0 Å². The van der Waals surface area contributed by atoms with E-state index in [1.807, 2.05) is 0 Å². The Bertz CT molecular complexity index is 1240. The van der Waals surface area contributed by atoms with Gasteiger partial charge in [0.1, 0.15) is 11.6 Å². The van der Waals surface area contributed by atoms with Crippen molar-refractivity contribution in [1.29, 1.82) is 0 Å². The summed E-state index contributed by atoms with van der Waals surface area (Å²) in [7, 11) is -2.79. The van der Waals surface area contributed by atoms with E-state index in [9.17, 15) is 22.4 Å². The lowest BCUT2D eigenvalue weighted by Gasteiger charge is -2.13. The van der Waals surface area contributed by atoms with Gasteiger partial charge in [0.2, 0.25) is 0 Å². The minimum Gasteiger partial charge on any atom is -0.497 e. The van der Waals surface area contributed by atoms with Crippen LogP contribution in [0.1, 0.15) is 20.7 Å². The molecule has 31 heavy (non-hydrogen) atoms. The number of amides is 1. The van der Waals surface area contributed by atoms with Crippen molar-refractivity contribution in [3.63, 3.8) is 0 Å². The molecule has 0 atom stereocenters. The number of para-hydroxylation sites is 1. The van der Waals surface area contributed by atoms with E-state index in [-0.39, 0.29) is 11.3 Å². The first-order chi connectivity index (χ1) is 14.7. The molecule has 0 saturated carbocycles. The Labute approximate surface area is 177 Å². The van der Waals surface area contributed by atoms with Crippen molar-refractivity contribution >= 4 is 33.3 Å². The first kappa shape index (κ1) is 21.8. The molecule has 3 N–H and O–H groups in total. The van der Waals surface area contributed by atoms with Gasteiger partial charge < -0.3 is 15.2 Å². The number of anilines is 2. The zero-order valence-corrected chi connectivity index (χ0v) is 16.9. The third kappa shape index (κ3) is 4.98. The van der Waals surface area contributed by atoms with Gasteiger partial charge in [-0.2, -0.15) is 0 Å². The van der Waals surface area contributed by atoms with Gasteiger partial charge in [0.15, 0.2) is 0 Å². The van der Waals surface area contributed by atoms with Gasteiger partial charge in [-0.15, -0.1) is 0 Å². The first-order valence-electron chi connectivity index (χ1n) is 8.81. The summed E-state index contributed by atoms with van der Waals surface area (Å²) in [4.78, 5) is 23.3. The Kier molecular flexibility index (Phi) is 6.21. The molecule has 0 saturated heterocycles. The Morgan fingerprint density at radius 1 is 0.968 bits per heavy atom. The van der Waals surface area contributed by atoms with Crippen LogP contribution in [-0.4, -0.2) is 32.5 Å². The maximum Gasteiger partial charge on any atom is 0.338 e. The summed E-state index contributed by atoms with van der Waals surface area (Å²) >= 11 is 0. The van der Waals surface area contributed by atoms with E-state index in [1.54, 1.807) is 30.3 Å². The van der Waals surface area contributed by atoms with E-state index >= 15 is 0 Å². The summed E-state index contributed by atoms with van der Waals surface area (Å²) in [6.07, 6.45) is 0. The minimum atomic E-state index is -4.30. The Hall–Kier alpha value is -3.92. The predicted molar refractivity (Wildman–Crippen MR) is 112 cm³/mol. The normalized spacial score (nSPS) is 10.9. The molecular weight excluding hydrogens is 427 g/mol. The topological polar surface area (TPSA) is 122 Å². The standard InChI is InChI=1S/C21H17FN2O6S/c1-30-14-8-6-13(7-9-14)23-20(25)16-4-2-3-5-19(16)24-31(28,29)15-10-11-18(22)17(12-15)21(26)27/h2-12,24H,1H3,(H,23,25)(H,26,27). The number of ether oxygens (including phenoxy) is 1. The molecule has 3 aromatic rings. The number of benzene rings is 3. The Morgan fingerprint density at radius 2 is 1.65 bits per heavy atom. The molecule has 0 aliphatic carbocycles. The van der Waals surface area contributed by atoms with E-state index < -0.39 is 38.2 Å². The van der Waals surface area contributed by atoms with Crippen LogP contribution in [0.4, 0.5) is 15.8 Å². The fourth-order valence-corrected chi connectivity index (χ4v) is 3.79. The second kappa shape index (κ2) is 8.84. The van der Waals surface area contributed by atoms with Crippen molar-refractivity contribution in [2.24, 2.45) is 0 Å². The van der Waals surface area contributed by atoms with Gasteiger partial charge in [0.05, 0.1) is 28.8 Å². The highest BCUT2D eigenvalue weighted by molar-refractivity contribution is 7.92. The number of carbonyl (C=O) groups is 2. The quantitative estimate of drug-likeness (QED) is 0.512. The van der Waals surface area contributed by atoms with Crippen LogP contribution in [-0.2, 0) is 10.0 Å². The van der Waals surface area contributed by atoms with E-state index in [0.29, 0.717) is 17.5 Å². The smallest absolute Gasteiger partial charge is 0.338 e. The number of nitrogens with one attached hydrogen (secondary N) is 2. The van der Waals surface area contributed by atoms with Crippen LogP contribution in [0.25, 0.3) is 0 Å². The van der Waals surface area contributed by atoms with Crippen molar-refractivity contribution < 1.29 is 32.2 Å². The highest BCUT2D eigenvalue weighted by Crippen LogP contribution is 2.23. The third-order valence-electron chi connectivity index (χ3n) is 4.24. The van der Waals surface area contributed by atoms with Crippen molar-refractivity contribution in [3.05, 3.63) is 83.7 Å². The SMILES string of the molecule is COc1ccc(NC(=O)c2ccccc2NS(=O)(=O)c2ccc(F)c(C(=O)O)c2)cc1. The number of carbonyl (C=O) groups excluding carboxylic acids is 1. The third-order valence-corrected chi connectivity index (χ3v) is 5.61. The molecule has 160 valence electrons. The van der Waals surface area contributed by atoms with Crippen LogP contribution in [0.2, 0.25) is 0 Å². The maximum absolute atomic E-state index is 13.6. The highest BCUT2D eigenvalue weighted by Gasteiger charge is 2.21. The molecule has 0 aliphatic rings. The van der Waals surface area contributed by atoms with Crippen LogP contribution in [0.15, 0.2) is 71.6 Å². The molecule has 1 amide bonds. The average Bonchev–Trinajstić information content (AvgIpc) is 2.74. The van der Waals surface area contributed by atoms with Crippen LogP contribution in [0, 0.1) is 5.82 Å². The summed E-state index contributed by atoms with van der Waals surface area (Å²) in [6.45, 7) is 0. The number of hydrogen-bond acceptors (Lipinski definition) is 5. The average molecular weight is 444 g/mol. The van der Waals surface area contributed by atoms with Gasteiger partial charge in [-0.05, 0) is 54.6 Å². The molecule has 8 nitrogen and oxygen atoms in total. The second-order valence-electron chi connectivity index (χ2n) is 6.28. The molecule has 0 bridgehead atoms. The largest absolute Gasteiger partial charge is 0.497 e. The van der Waals surface area contributed by atoms with Crippen molar-refractivity contribution in [3.8, 4) is 5.75 Å². The molecule has 0 fully saturated rings. The Balaban J connectivity index is 1.88. The number of rotatable bonds is 7. The zero-order valence-electron chi connectivity index (χ0n) is 16.1. The monoisotopic (exact) mass is 444 g/mol. The molecule has 0 radical (unpaired) electrons. The number of halogens is 1. The van der Waals surface area contributed by atoms with Gasteiger partial charge in [-0.3, -0.25) is 9.52 Å². The minimum absolute atomic E-state index is 0.0301. The predicted octanol–water partition coefficient (Wildman–Crippen LogP) is 3.59. The van der Waals surface area contributed by atoms with E-state index in [1.165, 1.54) is 25.3 Å². The summed E-state index contributed by atoms with van der Waals surface area (Å²) in [5.41, 5.74) is -0.321. The molecule has 0 unspecified atom stereocenters. The van der Waals surface area contributed by atoms with Gasteiger partial charge >= 0.3 is 5.97 Å². The Morgan fingerprint density at radius 3 is 2.29 bits per heavy atom. The maximum atomic E-state index is 13.6. The number of carboxylic acid groups (broad SMARTS) is 1. The van der Waals surface area contributed by atoms with Crippen LogP contribution in [0.5, 0.6) is 5.75 Å². The van der Waals surface area contributed by atoms with Crippen molar-refractivity contribution in [2.75, 3.05) is 17.1 Å². The van der Waals surface area contributed by atoms with E-state index in [0.717, 1.165) is 12.1 Å². The molecule has 0 aliphatic heterocycles. The molecule has 3 rings (SSSR count). The van der Waals surface area contributed by atoms with Gasteiger partial charge in [-0.25, -0.2) is 17.6 Å².